The highest BCUT2D eigenvalue weighted by Crippen LogP contribution is 2.27. The van der Waals surface area contributed by atoms with Crippen molar-refractivity contribution in [1.29, 1.82) is 0 Å². The van der Waals surface area contributed by atoms with E-state index in [9.17, 15) is 4.79 Å². The van der Waals surface area contributed by atoms with Gasteiger partial charge in [-0.05, 0) is 56.6 Å². The van der Waals surface area contributed by atoms with Gasteiger partial charge in [-0.2, -0.15) is 0 Å². The SMILES string of the molecule is CCC.Cn1cc(C(=O)NC2CCN(CC3CCCC3)CC2)c2ccc(N3CCCCCC3)nc21. The molecular formula is C29H47N5O. The normalized spacial score (nSPS) is 20.5. The molecule has 0 unspecified atom stereocenters. The highest BCUT2D eigenvalue weighted by molar-refractivity contribution is 6.06. The fourth-order valence-electron chi connectivity index (χ4n) is 5.98. The summed E-state index contributed by atoms with van der Waals surface area (Å²) in [7, 11) is 2.00. The number of piperidine rings is 1. The molecular weight excluding hydrogens is 434 g/mol. The van der Waals surface area contributed by atoms with E-state index in [-0.39, 0.29) is 11.9 Å². The van der Waals surface area contributed by atoms with Gasteiger partial charge in [0.05, 0.1) is 5.56 Å². The lowest BCUT2D eigenvalue weighted by Gasteiger charge is -2.33. The van der Waals surface area contributed by atoms with Crippen LogP contribution in [-0.2, 0) is 7.05 Å². The maximum Gasteiger partial charge on any atom is 0.253 e. The molecule has 35 heavy (non-hydrogen) atoms. The van der Waals surface area contributed by atoms with E-state index in [2.05, 4.69) is 41.1 Å². The summed E-state index contributed by atoms with van der Waals surface area (Å²) in [4.78, 5) is 23.1. The fraction of sp³-hybridized carbons (Fsp3) is 0.724. The Bertz CT molecular complexity index is 932. The highest BCUT2D eigenvalue weighted by Gasteiger charge is 2.25. The molecule has 6 heteroatoms. The number of nitrogens with one attached hydrogen (secondary N) is 1. The number of aromatic nitrogens is 2. The van der Waals surface area contributed by atoms with Crippen molar-refractivity contribution in [2.24, 2.45) is 13.0 Å². The lowest BCUT2D eigenvalue weighted by atomic mass is 10.0. The van der Waals surface area contributed by atoms with Crippen molar-refractivity contribution in [3.8, 4) is 0 Å². The first-order valence-electron chi connectivity index (χ1n) is 14.3. The number of rotatable bonds is 5. The van der Waals surface area contributed by atoms with Crippen molar-refractivity contribution in [2.45, 2.75) is 90.5 Å². The third kappa shape index (κ3) is 6.78. The number of hydrogen-bond acceptors (Lipinski definition) is 4. The molecule has 0 radical (unpaired) electrons. The van der Waals surface area contributed by atoms with E-state index >= 15 is 0 Å². The largest absolute Gasteiger partial charge is 0.357 e. The van der Waals surface area contributed by atoms with E-state index in [4.69, 9.17) is 4.98 Å². The fourth-order valence-corrected chi connectivity index (χ4v) is 5.98. The van der Waals surface area contributed by atoms with Crippen molar-refractivity contribution < 1.29 is 4.79 Å². The summed E-state index contributed by atoms with van der Waals surface area (Å²) >= 11 is 0. The number of anilines is 1. The zero-order valence-electron chi connectivity index (χ0n) is 22.4. The molecule has 5 rings (SSSR count). The molecule has 0 atom stereocenters. The minimum Gasteiger partial charge on any atom is -0.357 e. The van der Waals surface area contributed by atoms with E-state index in [0.29, 0.717) is 0 Å². The number of pyridine rings is 1. The Kier molecular flexibility index (Phi) is 9.47. The van der Waals surface area contributed by atoms with Crippen LogP contribution in [0, 0.1) is 5.92 Å². The molecule has 3 aliphatic rings. The Morgan fingerprint density at radius 2 is 1.60 bits per heavy atom. The van der Waals surface area contributed by atoms with Gasteiger partial charge in [-0.3, -0.25) is 4.79 Å². The van der Waals surface area contributed by atoms with E-state index in [1.165, 1.54) is 64.3 Å². The summed E-state index contributed by atoms with van der Waals surface area (Å²) in [6.07, 6.45) is 16.1. The van der Waals surface area contributed by atoms with Crippen molar-refractivity contribution in [1.82, 2.24) is 19.8 Å². The molecule has 2 saturated heterocycles. The minimum absolute atomic E-state index is 0.0502. The number of amides is 1. The minimum atomic E-state index is 0.0502. The number of carbonyl (C=O) groups excluding carboxylic acids is 1. The summed E-state index contributed by atoms with van der Waals surface area (Å²) in [5, 5.41) is 4.28. The Balaban J connectivity index is 0.000000917. The van der Waals surface area contributed by atoms with Crippen LogP contribution in [0.3, 0.4) is 0 Å². The topological polar surface area (TPSA) is 53.4 Å². The number of hydrogen-bond donors (Lipinski definition) is 1. The molecule has 0 bridgehead atoms. The third-order valence-corrected chi connectivity index (χ3v) is 7.90. The smallest absolute Gasteiger partial charge is 0.253 e. The highest BCUT2D eigenvalue weighted by atomic mass is 16.1. The van der Waals surface area contributed by atoms with Gasteiger partial charge in [-0.1, -0.05) is 46.0 Å². The quantitative estimate of drug-likeness (QED) is 0.590. The molecule has 2 aromatic rings. The second-order valence-electron chi connectivity index (χ2n) is 11.0. The second-order valence-corrected chi connectivity index (χ2v) is 11.0. The van der Waals surface area contributed by atoms with Gasteiger partial charge in [-0.25, -0.2) is 4.98 Å². The van der Waals surface area contributed by atoms with Crippen LogP contribution in [-0.4, -0.2) is 59.1 Å². The van der Waals surface area contributed by atoms with Crippen LogP contribution >= 0.6 is 0 Å². The molecule has 1 aliphatic carbocycles. The molecule has 0 spiro atoms. The van der Waals surface area contributed by atoms with E-state index in [0.717, 1.165) is 67.4 Å². The average molecular weight is 482 g/mol. The molecule has 194 valence electrons. The van der Waals surface area contributed by atoms with Crippen LogP contribution in [0.25, 0.3) is 11.0 Å². The molecule has 0 aromatic carbocycles. The molecule has 6 nitrogen and oxygen atoms in total. The van der Waals surface area contributed by atoms with Crippen molar-refractivity contribution >= 4 is 22.8 Å². The maximum absolute atomic E-state index is 13.2. The Hall–Kier alpha value is -2.08. The Morgan fingerprint density at radius 1 is 0.943 bits per heavy atom. The molecule has 2 aromatic heterocycles. The summed E-state index contributed by atoms with van der Waals surface area (Å²) in [5.41, 5.74) is 1.66. The standard InChI is InChI=1S/C26H39N5O.C3H8/c1-29-19-23(22-10-11-24(28-25(22)29)31-14-6-2-3-7-15-31)26(32)27-21-12-16-30(17-13-21)18-20-8-4-5-9-20;1-3-2/h10-11,19-21H,2-9,12-18H2,1H3,(H,27,32);3H2,1-2H3. The van der Waals surface area contributed by atoms with Crippen LogP contribution < -0.4 is 10.2 Å². The van der Waals surface area contributed by atoms with Crippen LogP contribution in [0.15, 0.2) is 18.3 Å². The van der Waals surface area contributed by atoms with E-state index in [1.807, 2.05) is 17.8 Å². The first kappa shape index (κ1) is 26.0. The van der Waals surface area contributed by atoms with Gasteiger partial charge in [0.2, 0.25) is 0 Å². The van der Waals surface area contributed by atoms with Crippen LogP contribution in [0.2, 0.25) is 0 Å². The third-order valence-electron chi connectivity index (χ3n) is 7.90. The lowest BCUT2D eigenvalue weighted by Crippen LogP contribution is -2.45. The maximum atomic E-state index is 13.2. The number of fused-ring (bicyclic) bond motifs is 1. The lowest BCUT2D eigenvalue weighted by molar-refractivity contribution is 0.0907. The number of nitrogens with zero attached hydrogens (tertiary/aromatic N) is 4. The second kappa shape index (κ2) is 12.8. The molecule has 3 fully saturated rings. The first-order chi connectivity index (χ1) is 17.1. The van der Waals surface area contributed by atoms with Gasteiger partial charge in [0.15, 0.2) is 0 Å². The van der Waals surface area contributed by atoms with E-state index < -0.39 is 0 Å². The van der Waals surface area contributed by atoms with Gasteiger partial charge in [0, 0.05) is 57.4 Å². The molecule has 1 amide bonds. The molecule has 1 saturated carbocycles. The summed E-state index contributed by atoms with van der Waals surface area (Å²) in [6.45, 7) is 9.88. The Morgan fingerprint density at radius 3 is 2.26 bits per heavy atom. The number of likely N-dealkylation sites (tertiary alicyclic amines) is 1. The van der Waals surface area contributed by atoms with E-state index in [1.54, 1.807) is 0 Å². The van der Waals surface area contributed by atoms with Gasteiger partial charge >= 0.3 is 0 Å². The predicted octanol–water partition coefficient (Wildman–Crippen LogP) is 5.75. The molecule has 2 aliphatic heterocycles. The Labute approximate surface area is 212 Å². The van der Waals surface area contributed by atoms with Crippen molar-refractivity contribution in [2.75, 3.05) is 37.6 Å². The van der Waals surface area contributed by atoms with Crippen molar-refractivity contribution in [3.05, 3.63) is 23.9 Å². The monoisotopic (exact) mass is 481 g/mol. The summed E-state index contributed by atoms with van der Waals surface area (Å²) in [5.74, 6) is 2.00. The number of carbonyl (C=O) groups is 1. The summed E-state index contributed by atoms with van der Waals surface area (Å²) in [6, 6.07) is 4.48. The number of aryl methyl sites for hydroxylation is 1. The zero-order chi connectivity index (χ0) is 24.6. The predicted molar refractivity (Wildman–Crippen MR) is 146 cm³/mol. The van der Waals surface area contributed by atoms with Gasteiger partial charge in [0.25, 0.3) is 5.91 Å². The van der Waals surface area contributed by atoms with Gasteiger partial charge in [0.1, 0.15) is 11.5 Å². The molecule has 1 N–H and O–H groups in total. The van der Waals surface area contributed by atoms with Crippen LogP contribution in [0.1, 0.15) is 94.8 Å². The van der Waals surface area contributed by atoms with Gasteiger partial charge < -0.3 is 19.7 Å². The summed E-state index contributed by atoms with van der Waals surface area (Å²) < 4.78 is 2.01. The molecule has 4 heterocycles. The first-order valence-corrected chi connectivity index (χ1v) is 14.3. The zero-order valence-corrected chi connectivity index (χ0v) is 22.4. The average Bonchev–Trinajstić information content (AvgIpc) is 3.39. The van der Waals surface area contributed by atoms with Crippen LogP contribution in [0.4, 0.5) is 5.82 Å². The van der Waals surface area contributed by atoms with Gasteiger partial charge in [-0.15, -0.1) is 0 Å². The van der Waals surface area contributed by atoms with Crippen molar-refractivity contribution in [3.63, 3.8) is 0 Å². The van der Waals surface area contributed by atoms with Crippen LogP contribution in [0.5, 0.6) is 0 Å².